The number of unbranched alkanes of at least 4 members (excludes halogenated alkanes) is 1. The summed E-state index contributed by atoms with van der Waals surface area (Å²) in [5.74, 6) is 2.97. The average Bonchev–Trinajstić information content (AvgIpc) is 2.52. The lowest BCUT2D eigenvalue weighted by Crippen LogP contribution is -1.93. The molecule has 0 aromatic rings. The Bertz CT molecular complexity index is 125. The van der Waals surface area contributed by atoms with E-state index in [0.717, 1.165) is 12.2 Å². The summed E-state index contributed by atoms with van der Waals surface area (Å²) in [5.41, 5.74) is 0. The van der Waals surface area contributed by atoms with Gasteiger partial charge in [0.1, 0.15) is 4.33 Å². The topological polar surface area (TPSA) is 0 Å². The van der Waals surface area contributed by atoms with Gasteiger partial charge in [0, 0.05) is 5.92 Å². The second-order valence-electron chi connectivity index (χ2n) is 3.09. The molecule has 0 bridgehead atoms. The standard InChI is InChI=1S/C8H14Cl2S/c1-2-3-4-11-6-7-5-8(7,9)10/h7H,2-6H2,1H3/t7-/m0/s1. The molecule has 0 spiro atoms. The maximum absolute atomic E-state index is 5.87. The fraction of sp³-hybridized carbons (Fsp3) is 1.00. The molecule has 1 fully saturated rings. The zero-order valence-electron chi connectivity index (χ0n) is 6.78. The van der Waals surface area contributed by atoms with Gasteiger partial charge in [-0.25, -0.2) is 0 Å². The smallest absolute Gasteiger partial charge is 0.122 e. The zero-order valence-corrected chi connectivity index (χ0v) is 9.11. The number of thioether (sulfide) groups is 1. The molecule has 11 heavy (non-hydrogen) atoms. The monoisotopic (exact) mass is 212 g/mol. The molecule has 0 aromatic carbocycles. The Balaban J connectivity index is 1.90. The first-order valence-electron chi connectivity index (χ1n) is 4.12. The molecule has 1 saturated carbocycles. The molecular weight excluding hydrogens is 199 g/mol. The lowest BCUT2D eigenvalue weighted by atomic mass is 10.4. The molecule has 1 rings (SSSR count). The molecule has 0 saturated heterocycles. The first-order chi connectivity index (χ1) is 5.17. The van der Waals surface area contributed by atoms with Gasteiger partial charge in [-0.1, -0.05) is 13.3 Å². The number of hydrogen-bond donors (Lipinski definition) is 0. The molecule has 1 aliphatic carbocycles. The zero-order chi connectivity index (χ0) is 8.32. The maximum atomic E-state index is 5.87. The van der Waals surface area contributed by atoms with Crippen LogP contribution in [0.3, 0.4) is 0 Å². The molecule has 3 heteroatoms. The van der Waals surface area contributed by atoms with Crippen molar-refractivity contribution in [2.45, 2.75) is 30.5 Å². The van der Waals surface area contributed by atoms with Crippen LogP contribution in [0.2, 0.25) is 0 Å². The van der Waals surface area contributed by atoms with E-state index >= 15 is 0 Å². The second-order valence-corrected chi connectivity index (χ2v) is 5.78. The van der Waals surface area contributed by atoms with Gasteiger partial charge >= 0.3 is 0 Å². The van der Waals surface area contributed by atoms with Crippen molar-refractivity contribution in [2.24, 2.45) is 5.92 Å². The van der Waals surface area contributed by atoms with E-state index in [-0.39, 0.29) is 4.33 Å². The molecule has 66 valence electrons. The van der Waals surface area contributed by atoms with Crippen molar-refractivity contribution in [3.63, 3.8) is 0 Å². The van der Waals surface area contributed by atoms with Crippen molar-refractivity contribution >= 4 is 35.0 Å². The normalized spacial score (nSPS) is 27.0. The van der Waals surface area contributed by atoms with E-state index in [0.29, 0.717) is 5.92 Å². The maximum Gasteiger partial charge on any atom is 0.122 e. The van der Waals surface area contributed by atoms with Gasteiger partial charge in [-0.15, -0.1) is 23.2 Å². The van der Waals surface area contributed by atoms with Crippen molar-refractivity contribution < 1.29 is 0 Å². The van der Waals surface area contributed by atoms with E-state index in [1.54, 1.807) is 0 Å². The number of hydrogen-bond acceptors (Lipinski definition) is 1. The minimum absolute atomic E-state index is 0.362. The van der Waals surface area contributed by atoms with E-state index in [9.17, 15) is 0 Å². The van der Waals surface area contributed by atoms with Crippen LogP contribution in [0.15, 0.2) is 0 Å². The van der Waals surface area contributed by atoms with Gasteiger partial charge < -0.3 is 0 Å². The molecule has 0 unspecified atom stereocenters. The number of rotatable bonds is 5. The van der Waals surface area contributed by atoms with Crippen LogP contribution in [0.1, 0.15) is 26.2 Å². The number of halogens is 2. The highest BCUT2D eigenvalue weighted by molar-refractivity contribution is 7.99. The Hall–Kier alpha value is 0.930. The van der Waals surface area contributed by atoms with Crippen LogP contribution in [-0.4, -0.2) is 15.8 Å². The van der Waals surface area contributed by atoms with Crippen LogP contribution in [0, 0.1) is 5.92 Å². The molecule has 0 nitrogen and oxygen atoms in total. The second kappa shape index (κ2) is 4.25. The first kappa shape index (κ1) is 10.0. The Kier molecular flexibility index (Phi) is 3.87. The van der Waals surface area contributed by atoms with E-state index in [4.69, 9.17) is 23.2 Å². The third-order valence-corrected chi connectivity index (χ3v) is 4.06. The highest BCUT2D eigenvalue weighted by Gasteiger charge is 2.50. The van der Waals surface area contributed by atoms with Gasteiger partial charge in [-0.3, -0.25) is 0 Å². The van der Waals surface area contributed by atoms with Crippen molar-refractivity contribution in [1.82, 2.24) is 0 Å². The summed E-state index contributed by atoms with van der Waals surface area (Å²) in [5, 5.41) is 0. The van der Waals surface area contributed by atoms with E-state index in [1.807, 2.05) is 11.8 Å². The summed E-state index contributed by atoms with van der Waals surface area (Å²) in [6.07, 6.45) is 3.59. The van der Waals surface area contributed by atoms with Gasteiger partial charge in [0.2, 0.25) is 0 Å². The minimum atomic E-state index is -0.362. The van der Waals surface area contributed by atoms with Gasteiger partial charge in [-0.2, -0.15) is 11.8 Å². The van der Waals surface area contributed by atoms with Gasteiger partial charge in [0.05, 0.1) is 0 Å². The van der Waals surface area contributed by atoms with Crippen LogP contribution in [0.5, 0.6) is 0 Å². The molecule has 0 N–H and O–H groups in total. The fourth-order valence-electron chi connectivity index (χ4n) is 0.922. The quantitative estimate of drug-likeness (QED) is 0.495. The Morgan fingerprint density at radius 3 is 2.64 bits per heavy atom. The fourth-order valence-corrected chi connectivity index (χ4v) is 2.98. The van der Waals surface area contributed by atoms with Crippen LogP contribution in [0.25, 0.3) is 0 Å². The predicted octanol–water partition coefficient (Wildman–Crippen LogP) is 3.71. The average molecular weight is 213 g/mol. The molecule has 0 aromatic heterocycles. The lowest BCUT2D eigenvalue weighted by molar-refractivity contribution is 0.891. The molecule has 1 aliphatic rings. The lowest BCUT2D eigenvalue weighted by Gasteiger charge is -1.99. The van der Waals surface area contributed by atoms with Crippen molar-refractivity contribution in [3.8, 4) is 0 Å². The molecule has 0 aliphatic heterocycles. The number of alkyl halides is 2. The van der Waals surface area contributed by atoms with Gasteiger partial charge in [-0.05, 0) is 24.3 Å². The van der Waals surface area contributed by atoms with E-state index in [1.165, 1.54) is 18.6 Å². The van der Waals surface area contributed by atoms with Crippen LogP contribution >= 0.6 is 35.0 Å². The predicted molar refractivity (Wildman–Crippen MR) is 54.8 cm³/mol. The van der Waals surface area contributed by atoms with Gasteiger partial charge in [0.25, 0.3) is 0 Å². The SMILES string of the molecule is CCCCSC[C@@H]1CC1(Cl)Cl. The molecular formula is C8H14Cl2S. The minimum Gasteiger partial charge on any atom is -0.162 e. The Morgan fingerprint density at radius 1 is 1.55 bits per heavy atom. The Labute approximate surface area is 83.0 Å². The van der Waals surface area contributed by atoms with Crippen LogP contribution in [-0.2, 0) is 0 Å². The third kappa shape index (κ3) is 3.43. The first-order valence-corrected chi connectivity index (χ1v) is 6.03. The highest BCUT2D eigenvalue weighted by atomic mass is 35.5. The van der Waals surface area contributed by atoms with E-state index < -0.39 is 0 Å². The highest BCUT2D eigenvalue weighted by Crippen LogP contribution is 2.54. The third-order valence-electron chi connectivity index (χ3n) is 1.92. The van der Waals surface area contributed by atoms with E-state index in [2.05, 4.69) is 6.92 Å². The Morgan fingerprint density at radius 2 is 2.18 bits per heavy atom. The van der Waals surface area contributed by atoms with Gasteiger partial charge in [0.15, 0.2) is 0 Å². The summed E-state index contributed by atoms with van der Waals surface area (Å²) in [4.78, 5) is 0. The summed E-state index contributed by atoms with van der Waals surface area (Å²) in [6.45, 7) is 2.21. The molecule has 0 amide bonds. The van der Waals surface area contributed by atoms with Crippen molar-refractivity contribution in [3.05, 3.63) is 0 Å². The summed E-state index contributed by atoms with van der Waals surface area (Å²) >= 11 is 13.7. The summed E-state index contributed by atoms with van der Waals surface area (Å²) < 4.78 is -0.362. The molecule has 0 heterocycles. The summed E-state index contributed by atoms with van der Waals surface area (Å²) in [6, 6.07) is 0. The summed E-state index contributed by atoms with van der Waals surface area (Å²) in [7, 11) is 0. The molecule has 1 atom stereocenters. The van der Waals surface area contributed by atoms with Crippen molar-refractivity contribution in [2.75, 3.05) is 11.5 Å². The van der Waals surface area contributed by atoms with Crippen LogP contribution in [0.4, 0.5) is 0 Å². The van der Waals surface area contributed by atoms with Crippen molar-refractivity contribution in [1.29, 1.82) is 0 Å². The van der Waals surface area contributed by atoms with Crippen LogP contribution < -0.4 is 0 Å². The molecule has 0 radical (unpaired) electrons. The largest absolute Gasteiger partial charge is 0.162 e.